The molecule has 0 bridgehead atoms. The fourth-order valence-corrected chi connectivity index (χ4v) is 5.76. The van der Waals surface area contributed by atoms with Crippen molar-refractivity contribution in [3.63, 3.8) is 0 Å². The van der Waals surface area contributed by atoms with Crippen LogP contribution in [0.15, 0.2) is 0 Å². The number of hydrogen-bond acceptors (Lipinski definition) is 3. The summed E-state index contributed by atoms with van der Waals surface area (Å²) in [6.07, 6.45) is 10.1. The Morgan fingerprint density at radius 1 is 1.10 bits per heavy atom. The molecule has 0 aliphatic heterocycles. The second-order valence-electron chi connectivity index (χ2n) is 6.74. The molecule has 0 aromatic rings. The van der Waals surface area contributed by atoms with Crippen molar-refractivity contribution >= 4 is 10.0 Å². The molecule has 5 heteroatoms. The molecule has 2 fully saturated rings. The van der Waals surface area contributed by atoms with Gasteiger partial charge in [-0.15, -0.1) is 0 Å². The molecule has 118 valence electrons. The zero-order chi connectivity index (χ0) is 14.6. The molecule has 2 rings (SSSR count). The van der Waals surface area contributed by atoms with Crippen molar-refractivity contribution in [2.75, 3.05) is 6.54 Å². The molecule has 2 saturated carbocycles. The van der Waals surface area contributed by atoms with Crippen LogP contribution in [-0.2, 0) is 10.0 Å². The lowest BCUT2D eigenvalue weighted by Crippen LogP contribution is -2.57. The summed E-state index contributed by atoms with van der Waals surface area (Å²) in [4.78, 5) is 0. The van der Waals surface area contributed by atoms with Gasteiger partial charge in [-0.3, -0.25) is 0 Å². The monoisotopic (exact) mass is 302 g/mol. The standard InChI is InChI=1S/C15H30N2O2S/c1-2-13-8-10-15(12-16,11-9-13)17-20(18,19)14-6-4-3-5-7-14/h13-14,17H,2-12,16H2,1H3. The van der Waals surface area contributed by atoms with Gasteiger partial charge in [0.2, 0.25) is 10.0 Å². The van der Waals surface area contributed by atoms with Crippen molar-refractivity contribution < 1.29 is 8.42 Å². The second-order valence-corrected chi connectivity index (χ2v) is 8.70. The van der Waals surface area contributed by atoms with Crippen molar-refractivity contribution in [2.45, 2.75) is 81.9 Å². The van der Waals surface area contributed by atoms with Crippen LogP contribution in [0.5, 0.6) is 0 Å². The predicted octanol–water partition coefficient (Wildman–Crippen LogP) is 2.54. The maximum Gasteiger partial charge on any atom is 0.215 e. The third-order valence-electron chi connectivity index (χ3n) is 5.38. The van der Waals surface area contributed by atoms with Gasteiger partial charge >= 0.3 is 0 Å². The fourth-order valence-electron chi connectivity index (χ4n) is 3.75. The van der Waals surface area contributed by atoms with Gasteiger partial charge in [0, 0.05) is 12.1 Å². The van der Waals surface area contributed by atoms with E-state index in [-0.39, 0.29) is 10.8 Å². The van der Waals surface area contributed by atoms with E-state index in [1.54, 1.807) is 0 Å². The van der Waals surface area contributed by atoms with Gasteiger partial charge in [0.15, 0.2) is 0 Å². The van der Waals surface area contributed by atoms with Crippen LogP contribution in [0.1, 0.15) is 71.1 Å². The SMILES string of the molecule is CCC1CCC(CN)(NS(=O)(=O)C2CCCCC2)CC1. The van der Waals surface area contributed by atoms with Gasteiger partial charge in [0.25, 0.3) is 0 Å². The molecular formula is C15H30N2O2S. The smallest absolute Gasteiger partial charge is 0.215 e. The first-order valence-electron chi connectivity index (χ1n) is 8.24. The zero-order valence-corrected chi connectivity index (χ0v) is 13.6. The van der Waals surface area contributed by atoms with Gasteiger partial charge in [-0.25, -0.2) is 13.1 Å². The van der Waals surface area contributed by atoms with E-state index in [9.17, 15) is 8.42 Å². The number of sulfonamides is 1. The number of hydrogen-bond donors (Lipinski definition) is 2. The van der Waals surface area contributed by atoms with Crippen LogP contribution in [0.25, 0.3) is 0 Å². The zero-order valence-electron chi connectivity index (χ0n) is 12.7. The summed E-state index contributed by atoms with van der Waals surface area (Å²) in [6.45, 7) is 2.64. The van der Waals surface area contributed by atoms with Crippen LogP contribution < -0.4 is 10.5 Å². The third kappa shape index (κ3) is 3.74. The van der Waals surface area contributed by atoms with Crippen molar-refractivity contribution in [1.29, 1.82) is 0 Å². The lowest BCUT2D eigenvalue weighted by molar-refractivity contribution is 0.216. The Morgan fingerprint density at radius 3 is 2.20 bits per heavy atom. The van der Waals surface area contributed by atoms with E-state index >= 15 is 0 Å². The predicted molar refractivity (Wildman–Crippen MR) is 83.0 cm³/mol. The number of nitrogens with one attached hydrogen (secondary N) is 1. The summed E-state index contributed by atoms with van der Waals surface area (Å²) in [7, 11) is -3.21. The average molecular weight is 302 g/mol. The van der Waals surface area contributed by atoms with E-state index in [2.05, 4.69) is 11.6 Å². The molecule has 2 aliphatic carbocycles. The summed E-state index contributed by atoms with van der Waals surface area (Å²) in [5, 5.41) is -0.191. The summed E-state index contributed by atoms with van der Waals surface area (Å²) in [6, 6.07) is 0. The highest BCUT2D eigenvalue weighted by Crippen LogP contribution is 2.34. The lowest BCUT2D eigenvalue weighted by atomic mass is 9.76. The van der Waals surface area contributed by atoms with Crippen LogP contribution >= 0.6 is 0 Å². The third-order valence-corrected chi connectivity index (χ3v) is 7.45. The molecule has 0 atom stereocenters. The van der Waals surface area contributed by atoms with Crippen molar-refractivity contribution in [3.05, 3.63) is 0 Å². The van der Waals surface area contributed by atoms with Crippen LogP contribution in [0.2, 0.25) is 0 Å². The van der Waals surface area contributed by atoms with E-state index in [0.29, 0.717) is 6.54 Å². The molecule has 0 aromatic carbocycles. The Morgan fingerprint density at radius 2 is 1.70 bits per heavy atom. The molecule has 2 aliphatic rings. The summed E-state index contributed by atoms with van der Waals surface area (Å²) < 4.78 is 28.2. The average Bonchev–Trinajstić information content (AvgIpc) is 2.48. The molecule has 20 heavy (non-hydrogen) atoms. The Balaban J connectivity index is 2.01. The van der Waals surface area contributed by atoms with Crippen LogP contribution in [0, 0.1) is 5.92 Å². The van der Waals surface area contributed by atoms with Gasteiger partial charge < -0.3 is 5.73 Å². The fraction of sp³-hybridized carbons (Fsp3) is 1.00. The van der Waals surface area contributed by atoms with E-state index in [1.807, 2.05) is 0 Å². The van der Waals surface area contributed by atoms with Crippen LogP contribution in [0.3, 0.4) is 0 Å². The Labute approximate surface area is 123 Å². The van der Waals surface area contributed by atoms with Gasteiger partial charge in [0.05, 0.1) is 5.25 Å². The first kappa shape index (κ1) is 16.2. The first-order chi connectivity index (χ1) is 9.51. The topological polar surface area (TPSA) is 72.2 Å². The van der Waals surface area contributed by atoms with Crippen LogP contribution in [-0.4, -0.2) is 25.8 Å². The van der Waals surface area contributed by atoms with Gasteiger partial charge in [-0.05, 0) is 44.4 Å². The molecule has 0 unspecified atom stereocenters. The maximum absolute atomic E-state index is 12.6. The molecule has 3 N–H and O–H groups in total. The van der Waals surface area contributed by atoms with Crippen molar-refractivity contribution in [2.24, 2.45) is 11.7 Å². The van der Waals surface area contributed by atoms with E-state index in [4.69, 9.17) is 5.73 Å². The molecule has 0 spiro atoms. The number of nitrogens with two attached hydrogens (primary N) is 1. The molecule has 0 radical (unpaired) electrons. The van der Waals surface area contributed by atoms with E-state index in [1.165, 1.54) is 12.8 Å². The van der Waals surface area contributed by atoms with Gasteiger partial charge in [0.1, 0.15) is 0 Å². The maximum atomic E-state index is 12.6. The minimum Gasteiger partial charge on any atom is -0.329 e. The van der Waals surface area contributed by atoms with Gasteiger partial charge in [-0.2, -0.15) is 0 Å². The van der Waals surface area contributed by atoms with Gasteiger partial charge in [-0.1, -0.05) is 32.6 Å². The lowest BCUT2D eigenvalue weighted by Gasteiger charge is -2.40. The largest absolute Gasteiger partial charge is 0.329 e. The molecule has 0 heterocycles. The highest BCUT2D eigenvalue weighted by Gasteiger charge is 2.39. The van der Waals surface area contributed by atoms with Crippen molar-refractivity contribution in [1.82, 2.24) is 4.72 Å². The van der Waals surface area contributed by atoms with E-state index < -0.39 is 10.0 Å². The quantitative estimate of drug-likeness (QED) is 0.819. The molecule has 0 saturated heterocycles. The minimum atomic E-state index is -3.21. The Bertz CT molecular complexity index is 394. The highest BCUT2D eigenvalue weighted by molar-refractivity contribution is 7.90. The Kier molecular flexibility index (Phi) is 5.49. The molecule has 0 amide bonds. The summed E-state index contributed by atoms with van der Waals surface area (Å²) in [5.41, 5.74) is 5.56. The molecular weight excluding hydrogens is 272 g/mol. The minimum absolute atomic E-state index is 0.191. The normalized spacial score (nSPS) is 33.2. The summed E-state index contributed by atoms with van der Waals surface area (Å²) in [5.74, 6) is 0.744. The molecule has 0 aromatic heterocycles. The molecule has 4 nitrogen and oxygen atoms in total. The Hall–Kier alpha value is -0.130. The number of rotatable bonds is 5. The van der Waals surface area contributed by atoms with Crippen molar-refractivity contribution in [3.8, 4) is 0 Å². The summed E-state index contributed by atoms with van der Waals surface area (Å²) >= 11 is 0. The second kappa shape index (κ2) is 6.75. The highest BCUT2D eigenvalue weighted by atomic mass is 32.2. The van der Waals surface area contributed by atoms with E-state index in [0.717, 1.165) is 57.3 Å². The van der Waals surface area contributed by atoms with Crippen LogP contribution in [0.4, 0.5) is 0 Å². The first-order valence-corrected chi connectivity index (χ1v) is 9.79.